The van der Waals surface area contributed by atoms with Gasteiger partial charge in [-0.15, -0.1) is 0 Å². The first-order chi connectivity index (χ1) is 12.0. The van der Waals surface area contributed by atoms with E-state index in [1.807, 2.05) is 30.3 Å². The van der Waals surface area contributed by atoms with Crippen molar-refractivity contribution < 1.29 is 4.79 Å². The molecule has 2 aromatic rings. The van der Waals surface area contributed by atoms with Crippen molar-refractivity contribution in [1.29, 1.82) is 5.26 Å². The molecule has 0 aromatic heterocycles. The zero-order valence-corrected chi connectivity index (χ0v) is 14.3. The average Bonchev–Trinajstić information content (AvgIpc) is 2.97. The lowest BCUT2D eigenvalue weighted by molar-refractivity contribution is -0.121. The van der Waals surface area contributed by atoms with Crippen molar-refractivity contribution in [2.75, 3.05) is 0 Å². The van der Waals surface area contributed by atoms with Gasteiger partial charge in [0.2, 0.25) is 5.91 Å². The van der Waals surface area contributed by atoms with Gasteiger partial charge in [-0.2, -0.15) is 5.26 Å². The second-order valence-electron chi connectivity index (χ2n) is 7.37. The van der Waals surface area contributed by atoms with Crippen molar-refractivity contribution in [3.05, 3.63) is 65.2 Å². The maximum atomic E-state index is 12.8. The number of nitriles is 1. The predicted molar refractivity (Wildman–Crippen MR) is 96.6 cm³/mol. The molecule has 1 fully saturated rings. The lowest BCUT2D eigenvalue weighted by Gasteiger charge is -2.05. The van der Waals surface area contributed by atoms with E-state index in [0.717, 1.165) is 11.3 Å². The van der Waals surface area contributed by atoms with Gasteiger partial charge >= 0.3 is 0 Å². The highest BCUT2D eigenvalue weighted by atomic mass is 16.2. The van der Waals surface area contributed by atoms with Crippen molar-refractivity contribution in [2.45, 2.75) is 26.2 Å². The molecule has 2 aliphatic rings. The van der Waals surface area contributed by atoms with Gasteiger partial charge in [-0.25, -0.2) is 4.99 Å². The van der Waals surface area contributed by atoms with E-state index in [1.165, 1.54) is 5.56 Å². The van der Waals surface area contributed by atoms with Crippen LogP contribution in [0, 0.1) is 22.7 Å². The van der Waals surface area contributed by atoms with E-state index < -0.39 is 0 Å². The fraction of sp³-hybridized carbons (Fsp3) is 0.286. The van der Waals surface area contributed by atoms with Crippen molar-refractivity contribution in [2.24, 2.45) is 16.3 Å². The normalized spacial score (nSPS) is 22.5. The summed E-state index contributed by atoms with van der Waals surface area (Å²) in [7, 11) is 0. The zero-order valence-electron chi connectivity index (χ0n) is 14.3. The molecule has 0 bridgehead atoms. The highest BCUT2D eigenvalue weighted by molar-refractivity contribution is 6.05. The van der Waals surface area contributed by atoms with Gasteiger partial charge < -0.3 is 5.32 Å². The molecule has 25 heavy (non-hydrogen) atoms. The number of amidine groups is 1. The summed E-state index contributed by atoms with van der Waals surface area (Å²) in [6, 6.07) is 17.8. The van der Waals surface area contributed by atoms with Crippen molar-refractivity contribution >= 4 is 17.4 Å². The Balaban J connectivity index is 1.48. The summed E-state index contributed by atoms with van der Waals surface area (Å²) >= 11 is 0. The van der Waals surface area contributed by atoms with Gasteiger partial charge in [0.15, 0.2) is 0 Å². The Bertz CT molecular complexity index is 922. The molecule has 2 atom stereocenters. The van der Waals surface area contributed by atoms with Crippen LogP contribution < -0.4 is 5.32 Å². The van der Waals surface area contributed by atoms with Gasteiger partial charge in [-0.05, 0) is 34.7 Å². The second-order valence-corrected chi connectivity index (χ2v) is 7.37. The van der Waals surface area contributed by atoms with Crippen LogP contribution in [-0.2, 0) is 11.2 Å². The molecule has 2 aromatic carbocycles. The highest BCUT2D eigenvalue weighted by Crippen LogP contribution is 2.64. The van der Waals surface area contributed by atoms with E-state index in [0.29, 0.717) is 17.8 Å². The minimum atomic E-state index is -0.0502. The summed E-state index contributed by atoms with van der Waals surface area (Å²) in [5, 5.41) is 12.0. The Morgan fingerprint density at radius 1 is 1.24 bits per heavy atom. The topological polar surface area (TPSA) is 65.2 Å². The van der Waals surface area contributed by atoms with Gasteiger partial charge in [0.05, 0.1) is 23.2 Å². The van der Waals surface area contributed by atoms with E-state index in [2.05, 4.69) is 42.4 Å². The van der Waals surface area contributed by atoms with E-state index in [4.69, 9.17) is 5.26 Å². The second kappa shape index (κ2) is 5.56. The lowest BCUT2D eigenvalue weighted by atomic mass is 10.0. The molecule has 0 saturated heterocycles. The Hall–Kier alpha value is -2.93. The molecule has 1 heterocycles. The standard InChI is InChI=1S/C21H19N3O/c1-21(2)18(14-6-4-3-5-7-14)19(21)20(25)24-17-11-15-10-13(12-22)8-9-16(15)23-17/h3-10,18-19H,11H2,1-2H3,(H,23,24,25). The smallest absolute Gasteiger partial charge is 0.229 e. The molecular formula is C21H19N3O. The number of nitrogens with one attached hydrogen (secondary N) is 1. The molecule has 1 saturated carbocycles. The van der Waals surface area contributed by atoms with E-state index in [-0.39, 0.29) is 23.2 Å². The van der Waals surface area contributed by atoms with Gasteiger partial charge in [0, 0.05) is 12.3 Å². The van der Waals surface area contributed by atoms with Gasteiger partial charge in [-0.3, -0.25) is 4.79 Å². The maximum absolute atomic E-state index is 12.8. The van der Waals surface area contributed by atoms with Crippen molar-refractivity contribution in [3.8, 4) is 6.07 Å². The fourth-order valence-electron chi connectivity index (χ4n) is 3.97. The van der Waals surface area contributed by atoms with Crippen LogP contribution in [0.4, 0.5) is 5.69 Å². The van der Waals surface area contributed by atoms with Crippen LogP contribution in [0.2, 0.25) is 0 Å². The van der Waals surface area contributed by atoms with E-state index >= 15 is 0 Å². The Labute approximate surface area is 147 Å². The van der Waals surface area contributed by atoms with E-state index in [9.17, 15) is 4.79 Å². The Morgan fingerprint density at radius 3 is 2.72 bits per heavy atom. The quantitative estimate of drug-likeness (QED) is 0.913. The first-order valence-electron chi connectivity index (χ1n) is 8.47. The molecule has 4 nitrogen and oxygen atoms in total. The number of hydrogen-bond donors (Lipinski definition) is 1. The minimum absolute atomic E-state index is 0.0333. The van der Waals surface area contributed by atoms with Gasteiger partial charge in [0.1, 0.15) is 5.84 Å². The Morgan fingerprint density at radius 2 is 2.00 bits per heavy atom. The first kappa shape index (κ1) is 15.6. The number of hydrogen-bond acceptors (Lipinski definition) is 3. The predicted octanol–water partition coefficient (Wildman–Crippen LogP) is 3.70. The molecular weight excluding hydrogens is 310 g/mol. The summed E-state index contributed by atoms with van der Waals surface area (Å²) in [5.74, 6) is 0.898. The Kier molecular flexibility index (Phi) is 3.47. The summed E-state index contributed by atoms with van der Waals surface area (Å²) in [4.78, 5) is 17.3. The first-order valence-corrected chi connectivity index (χ1v) is 8.47. The number of benzene rings is 2. The summed E-state index contributed by atoms with van der Waals surface area (Å²) in [6.07, 6.45) is 0.569. The molecule has 4 heteroatoms. The lowest BCUT2D eigenvalue weighted by Crippen LogP contribution is -2.33. The minimum Gasteiger partial charge on any atom is -0.314 e. The summed E-state index contributed by atoms with van der Waals surface area (Å²) in [6.45, 7) is 4.28. The van der Waals surface area contributed by atoms with Crippen molar-refractivity contribution in [3.63, 3.8) is 0 Å². The average molecular weight is 329 g/mol. The monoisotopic (exact) mass is 329 g/mol. The van der Waals surface area contributed by atoms with Gasteiger partial charge in [0.25, 0.3) is 0 Å². The summed E-state index contributed by atoms with van der Waals surface area (Å²) in [5.41, 5.74) is 3.61. The molecule has 0 radical (unpaired) electrons. The maximum Gasteiger partial charge on any atom is 0.229 e. The third-order valence-electron chi connectivity index (χ3n) is 5.36. The van der Waals surface area contributed by atoms with Crippen molar-refractivity contribution in [1.82, 2.24) is 5.32 Å². The molecule has 4 rings (SSSR count). The van der Waals surface area contributed by atoms with Crippen LogP contribution in [0.25, 0.3) is 0 Å². The van der Waals surface area contributed by atoms with Crippen LogP contribution in [0.15, 0.2) is 53.5 Å². The fourth-order valence-corrected chi connectivity index (χ4v) is 3.97. The molecule has 2 unspecified atom stereocenters. The SMILES string of the molecule is CC1(C)C(C(=O)NC2=Nc3ccc(C#N)cc3C2)C1c1ccccc1. The molecule has 124 valence electrons. The van der Waals surface area contributed by atoms with Crippen LogP contribution in [0.1, 0.15) is 36.5 Å². The molecule has 1 aliphatic heterocycles. The number of carbonyl (C=O) groups is 1. The number of amides is 1. The number of carbonyl (C=O) groups excluding carboxylic acids is 1. The molecule has 0 spiro atoms. The molecule has 1 aliphatic carbocycles. The number of fused-ring (bicyclic) bond motifs is 1. The number of aliphatic imine (C=N–C) groups is 1. The van der Waals surface area contributed by atoms with Crippen LogP contribution in [0.5, 0.6) is 0 Å². The van der Waals surface area contributed by atoms with Crippen LogP contribution in [0.3, 0.4) is 0 Å². The third-order valence-corrected chi connectivity index (χ3v) is 5.36. The van der Waals surface area contributed by atoms with E-state index in [1.54, 1.807) is 6.07 Å². The van der Waals surface area contributed by atoms with Crippen LogP contribution >= 0.6 is 0 Å². The molecule has 1 amide bonds. The zero-order chi connectivity index (χ0) is 17.6. The number of rotatable bonds is 2. The summed E-state index contributed by atoms with van der Waals surface area (Å²) < 4.78 is 0. The molecule has 1 N–H and O–H groups in total. The van der Waals surface area contributed by atoms with Gasteiger partial charge in [-0.1, -0.05) is 44.2 Å². The number of nitrogens with zero attached hydrogens (tertiary/aromatic N) is 2. The highest BCUT2D eigenvalue weighted by Gasteiger charge is 2.62. The largest absolute Gasteiger partial charge is 0.314 e. The third kappa shape index (κ3) is 2.62. The van der Waals surface area contributed by atoms with Crippen LogP contribution in [-0.4, -0.2) is 11.7 Å².